The highest BCUT2D eigenvalue weighted by Crippen LogP contribution is 2.38. The molecule has 116 valence electrons. The first-order chi connectivity index (χ1) is 10.2. The highest BCUT2D eigenvalue weighted by atomic mass is 27.0. The fourth-order valence-corrected chi connectivity index (χ4v) is 2.54. The van der Waals surface area contributed by atoms with Gasteiger partial charge in [-0.3, -0.25) is 14.6 Å². The van der Waals surface area contributed by atoms with Gasteiger partial charge in [-0.2, -0.15) is 13.2 Å². The molecule has 0 bridgehead atoms. The van der Waals surface area contributed by atoms with Gasteiger partial charge < -0.3 is 15.8 Å². The van der Waals surface area contributed by atoms with Gasteiger partial charge in [0.1, 0.15) is 28.1 Å². The molecule has 0 spiro atoms. The Morgan fingerprint density at radius 3 is 2.68 bits per heavy atom. The van der Waals surface area contributed by atoms with Crippen LogP contribution in [0.25, 0.3) is 0 Å². The van der Waals surface area contributed by atoms with Crippen molar-refractivity contribution in [3.8, 4) is 0 Å². The molecule has 0 saturated carbocycles. The predicted octanol–water partition coefficient (Wildman–Crippen LogP) is 0.796. The number of alkyl halides is 3. The minimum absolute atomic E-state index is 0.0688. The number of carbonyl (C=O) groups excluding carboxylic acids is 2. The molecule has 2 unspecified atom stereocenters. The molecular weight excluding hydrogens is 318 g/mol. The van der Waals surface area contributed by atoms with E-state index in [1.165, 1.54) is 18.3 Å². The molecule has 3 N–H and O–H groups in total. The minimum atomic E-state index is -4.51. The van der Waals surface area contributed by atoms with Gasteiger partial charge in [-0.25, -0.2) is 0 Å². The van der Waals surface area contributed by atoms with Crippen molar-refractivity contribution in [3.05, 3.63) is 24.0 Å². The summed E-state index contributed by atoms with van der Waals surface area (Å²) >= 11 is 2.18. The summed E-state index contributed by atoms with van der Waals surface area (Å²) in [7, 11) is 0. The van der Waals surface area contributed by atoms with Gasteiger partial charge in [-0.15, -0.1) is 0 Å². The molecule has 0 aromatic carbocycles. The van der Waals surface area contributed by atoms with E-state index in [0.717, 1.165) is 0 Å². The molecular formula is C12H11AlF3N3O3. The van der Waals surface area contributed by atoms with Gasteiger partial charge in [-0.1, -0.05) is 4.78 Å². The van der Waals surface area contributed by atoms with Crippen LogP contribution >= 0.6 is 0 Å². The second kappa shape index (κ2) is 6.24. The normalized spacial score (nSPS) is 25.0. The van der Waals surface area contributed by atoms with E-state index in [9.17, 15) is 22.8 Å². The lowest BCUT2D eigenvalue weighted by Gasteiger charge is -2.17. The summed E-state index contributed by atoms with van der Waals surface area (Å²) in [6, 6.07) is 2.62. The maximum Gasteiger partial charge on any atom is 0.414 e. The standard InChI is InChI=1S/C12H11F3N3O3.Al/c13-12(14,15)9-2-1-8(21-9)11(20)18-6-3-4-17-7(5-6)10(16)19;/h1,3-5,8-9H,2H2,(H2,16,19)(H,17,18,20);/t8?,9-;/m0./s1. The van der Waals surface area contributed by atoms with Gasteiger partial charge in [0.2, 0.25) is 0 Å². The molecule has 3 atom stereocenters. The number of hydrogen-bond donors (Lipinski definition) is 2. The van der Waals surface area contributed by atoms with Crippen molar-refractivity contribution < 1.29 is 27.5 Å². The number of anilines is 1. The maximum absolute atomic E-state index is 12.6. The van der Waals surface area contributed by atoms with E-state index in [4.69, 9.17) is 10.5 Å². The largest absolute Gasteiger partial charge is 0.414 e. The molecule has 22 heavy (non-hydrogen) atoms. The van der Waals surface area contributed by atoms with Crippen LogP contribution in [0.1, 0.15) is 16.9 Å². The molecule has 2 heterocycles. The summed E-state index contributed by atoms with van der Waals surface area (Å²) in [5.41, 5.74) is 5.19. The summed E-state index contributed by atoms with van der Waals surface area (Å²) in [6.07, 6.45) is -6.79. The lowest BCUT2D eigenvalue weighted by Crippen LogP contribution is -2.34. The number of amides is 2. The maximum atomic E-state index is 12.6. The number of ether oxygens (including phenoxy) is 1. The molecule has 10 heteroatoms. The van der Waals surface area contributed by atoms with Crippen molar-refractivity contribution in [1.29, 1.82) is 0 Å². The number of primary amides is 1. The third-order valence-corrected chi connectivity index (χ3v) is 3.71. The van der Waals surface area contributed by atoms with Crippen LogP contribution in [0.15, 0.2) is 18.3 Å². The number of halogens is 3. The second-order valence-corrected chi connectivity index (χ2v) is 5.63. The monoisotopic (exact) mass is 329 g/mol. The van der Waals surface area contributed by atoms with Gasteiger partial charge >= 0.3 is 6.18 Å². The zero-order valence-corrected chi connectivity index (χ0v) is 12.3. The van der Waals surface area contributed by atoms with Crippen LogP contribution < -0.4 is 11.1 Å². The van der Waals surface area contributed by atoms with E-state index in [1.807, 2.05) is 0 Å². The Morgan fingerprint density at radius 2 is 2.14 bits per heavy atom. The van der Waals surface area contributed by atoms with E-state index >= 15 is 0 Å². The van der Waals surface area contributed by atoms with Crippen LogP contribution in [0, 0.1) is 0 Å². The number of pyridine rings is 1. The topological polar surface area (TPSA) is 94.3 Å². The first-order valence-corrected chi connectivity index (χ1v) is 6.89. The van der Waals surface area contributed by atoms with Crippen molar-refractivity contribution >= 4 is 33.8 Å². The lowest BCUT2D eigenvalue weighted by atomic mass is 10.1. The van der Waals surface area contributed by atoms with Gasteiger partial charge in [0.15, 0.2) is 6.10 Å². The summed E-state index contributed by atoms with van der Waals surface area (Å²) in [6.45, 7) is 0. The summed E-state index contributed by atoms with van der Waals surface area (Å²) in [5.74, 6) is -1.51. The van der Waals surface area contributed by atoms with Gasteiger partial charge in [0, 0.05) is 11.9 Å². The van der Waals surface area contributed by atoms with Crippen LogP contribution in [-0.2, 0) is 9.53 Å². The SMILES string of the molecule is NC(=O)c1cc(NC(=O)C2O[C@H](C(F)(F)F)C[CH]2[Al])ccn1. The lowest BCUT2D eigenvalue weighted by molar-refractivity contribution is -0.213. The molecule has 1 aliphatic heterocycles. The Balaban J connectivity index is 2.06. The molecule has 2 rings (SSSR count). The summed E-state index contributed by atoms with van der Waals surface area (Å²) in [5, 5.41) is 2.39. The zero-order valence-electron chi connectivity index (χ0n) is 11.1. The van der Waals surface area contributed by atoms with Crippen LogP contribution in [0.5, 0.6) is 0 Å². The first kappa shape index (κ1) is 16.7. The Morgan fingerprint density at radius 1 is 1.45 bits per heavy atom. The number of rotatable bonds is 3. The van der Waals surface area contributed by atoms with E-state index in [-0.39, 0.29) is 17.8 Å². The third-order valence-electron chi connectivity index (χ3n) is 3.09. The van der Waals surface area contributed by atoms with Crippen molar-refractivity contribution in [1.82, 2.24) is 4.98 Å². The molecule has 1 fully saturated rings. The van der Waals surface area contributed by atoms with Gasteiger partial charge in [0.05, 0.1) is 0 Å². The fraction of sp³-hybridized carbons (Fsp3) is 0.417. The number of nitrogens with zero attached hydrogens (tertiary/aromatic N) is 1. The molecule has 1 aliphatic rings. The number of nitrogens with one attached hydrogen (secondary N) is 1. The first-order valence-electron chi connectivity index (χ1n) is 6.23. The fourth-order valence-electron chi connectivity index (χ4n) is 2.03. The highest BCUT2D eigenvalue weighted by molar-refractivity contribution is 6.15. The molecule has 2 radical (unpaired) electrons. The predicted molar refractivity (Wildman–Crippen MR) is 70.2 cm³/mol. The van der Waals surface area contributed by atoms with Crippen molar-refractivity contribution in [2.45, 2.75) is 29.6 Å². The minimum Gasteiger partial charge on any atom is -0.364 e. The Labute approximate surface area is 131 Å². The Kier molecular flexibility index (Phi) is 4.75. The molecule has 1 aromatic heterocycles. The van der Waals surface area contributed by atoms with E-state index in [0.29, 0.717) is 0 Å². The van der Waals surface area contributed by atoms with E-state index in [2.05, 4.69) is 26.6 Å². The molecule has 6 nitrogen and oxygen atoms in total. The van der Waals surface area contributed by atoms with Crippen molar-refractivity contribution in [3.63, 3.8) is 0 Å². The van der Waals surface area contributed by atoms with E-state index in [1.54, 1.807) is 0 Å². The van der Waals surface area contributed by atoms with Gasteiger partial charge in [-0.05, 0) is 18.6 Å². The molecule has 0 aliphatic carbocycles. The van der Waals surface area contributed by atoms with Crippen LogP contribution in [0.3, 0.4) is 0 Å². The Hall–Kier alpha value is -1.63. The molecule has 1 aromatic rings. The average Bonchev–Trinajstić information content (AvgIpc) is 2.81. The number of carbonyl (C=O) groups is 2. The van der Waals surface area contributed by atoms with Crippen molar-refractivity contribution in [2.24, 2.45) is 5.73 Å². The molecule has 2 amide bonds. The van der Waals surface area contributed by atoms with Gasteiger partial charge in [0.25, 0.3) is 11.8 Å². The number of hydrogen-bond acceptors (Lipinski definition) is 4. The summed E-state index contributed by atoms with van der Waals surface area (Å²) in [4.78, 5) is 26.7. The summed E-state index contributed by atoms with van der Waals surface area (Å²) < 4.78 is 42.0. The van der Waals surface area contributed by atoms with E-state index < -0.39 is 35.0 Å². The number of aromatic nitrogens is 1. The average molecular weight is 329 g/mol. The van der Waals surface area contributed by atoms with Crippen LogP contribution in [-0.4, -0.2) is 51.5 Å². The van der Waals surface area contributed by atoms with Crippen LogP contribution in [0.2, 0.25) is 4.78 Å². The quantitative estimate of drug-likeness (QED) is 0.802. The second-order valence-electron chi connectivity index (χ2n) is 4.77. The third kappa shape index (κ3) is 3.77. The van der Waals surface area contributed by atoms with Crippen molar-refractivity contribution in [2.75, 3.05) is 5.32 Å². The smallest absolute Gasteiger partial charge is 0.364 e. The molecule has 1 saturated heterocycles. The number of nitrogens with two attached hydrogens (primary N) is 1. The zero-order chi connectivity index (χ0) is 16.5. The highest BCUT2D eigenvalue weighted by Gasteiger charge is 2.49. The Bertz CT molecular complexity index is 596. The van der Waals surface area contributed by atoms with Crippen LogP contribution in [0.4, 0.5) is 18.9 Å².